The molecule has 1 N–H and O–H groups in total. The van der Waals surface area contributed by atoms with Crippen molar-refractivity contribution in [2.24, 2.45) is 0 Å². The molecule has 0 atom stereocenters. The van der Waals surface area contributed by atoms with Gasteiger partial charge in [-0.3, -0.25) is 4.31 Å². The van der Waals surface area contributed by atoms with Gasteiger partial charge in [0, 0.05) is 20.1 Å². The largest absolute Gasteiger partial charge is 0.309 e. The lowest BCUT2D eigenvalue weighted by Crippen LogP contribution is -2.26. The average Bonchev–Trinajstić information content (AvgIpc) is 2.93. The van der Waals surface area contributed by atoms with Crippen LogP contribution >= 0.6 is 0 Å². The molecule has 0 spiro atoms. The summed E-state index contributed by atoms with van der Waals surface area (Å²) >= 11 is 0. The number of aryl methyl sites for hydroxylation is 1. The molecule has 0 fully saturated rings. The van der Waals surface area contributed by atoms with Crippen LogP contribution in [0.2, 0.25) is 0 Å². The minimum atomic E-state index is -3.52. The van der Waals surface area contributed by atoms with Gasteiger partial charge in [0.1, 0.15) is 0 Å². The summed E-state index contributed by atoms with van der Waals surface area (Å²) in [6, 6.07) is 12.8. The van der Waals surface area contributed by atoms with Crippen LogP contribution in [0.1, 0.15) is 16.7 Å². The van der Waals surface area contributed by atoms with Crippen LogP contribution < -0.4 is 9.62 Å². The van der Waals surface area contributed by atoms with E-state index in [2.05, 4.69) is 5.32 Å². The van der Waals surface area contributed by atoms with Gasteiger partial charge in [0.05, 0.1) is 10.6 Å². The molecule has 2 aromatic carbocycles. The van der Waals surface area contributed by atoms with Gasteiger partial charge in [-0.25, -0.2) is 8.42 Å². The van der Waals surface area contributed by atoms with Crippen LogP contribution in [0.25, 0.3) is 0 Å². The lowest BCUT2D eigenvalue weighted by molar-refractivity contribution is 0.594. The van der Waals surface area contributed by atoms with Gasteiger partial charge in [-0.1, -0.05) is 18.2 Å². The monoisotopic (exact) mass is 302 g/mol. The highest BCUT2D eigenvalue weighted by molar-refractivity contribution is 7.92. The third-order valence-corrected chi connectivity index (χ3v) is 5.61. The van der Waals surface area contributed by atoms with E-state index in [4.69, 9.17) is 0 Å². The van der Waals surface area contributed by atoms with Gasteiger partial charge in [-0.15, -0.1) is 0 Å². The van der Waals surface area contributed by atoms with Crippen LogP contribution in [0.4, 0.5) is 5.69 Å². The number of benzene rings is 2. The zero-order valence-corrected chi connectivity index (χ0v) is 12.9. The topological polar surface area (TPSA) is 49.4 Å². The molecule has 0 radical (unpaired) electrons. The maximum Gasteiger partial charge on any atom is 0.264 e. The Morgan fingerprint density at radius 2 is 1.81 bits per heavy atom. The molecule has 2 aromatic rings. The fourth-order valence-corrected chi connectivity index (χ4v) is 3.79. The van der Waals surface area contributed by atoms with E-state index in [1.165, 1.54) is 9.87 Å². The predicted molar refractivity (Wildman–Crippen MR) is 83.8 cm³/mol. The van der Waals surface area contributed by atoms with Crippen molar-refractivity contribution < 1.29 is 8.42 Å². The van der Waals surface area contributed by atoms with Crippen molar-refractivity contribution in [2.75, 3.05) is 11.4 Å². The molecule has 0 amide bonds. The van der Waals surface area contributed by atoms with E-state index in [1.807, 2.05) is 31.2 Å². The number of anilines is 1. The predicted octanol–water partition coefficient (Wildman–Crippen LogP) is 2.42. The minimum absolute atomic E-state index is 0.342. The maximum absolute atomic E-state index is 12.7. The van der Waals surface area contributed by atoms with Crippen LogP contribution in [0.5, 0.6) is 0 Å². The Bertz CT molecular complexity index is 785. The summed E-state index contributed by atoms with van der Waals surface area (Å²) in [4.78, 5) is 0.342. The number of fused-ring (bicyclic) bond motifs is 1. The van der Waals surface area contributed by atoms with Crippen molar-refractivity contribution >= 4 is 15.7 Å². The molecule has 1 aliphatic heterocycles. The molecular formula is C16H18N2O2S. The Morgan fingerprint density at radius 3 is 2.57 bits per heavy atom. The average molecular weight is 302 g/mol. The van der Waals surface area contributed by atoms with Crippen molar-refractivity contribution in [3.05, 3.63) is 59.2 Å². The first-order chi connectivity index (χ1) is 9.98. The first-order valence-corrected chi connectivity index (χ1v) is 8.30. The zero-order valence-electron chi connectivity index (χ0n) is 12.1. The van der Waals surface area contributed by atoms with Crippen LogP contribution in [-0.2, 0) is 23.1 Å². The minimum Gasteiger partial charge on any atom is -0.309 e. The highest BCUT2D eigenvalue weighted by Gasteiger charge is 2.23. The molecule has 110 valence electrons. The second kappa shape index (κ2) is 5.16. The summed E-state index contributed by atoms with van der Waals surface area (Å²) in [6.45, 7) is 3.49. The van der Waals surface area contributed by atoms with Gasteiger partial charge < -0.3 is 5.32 Å². The molecule has 0 aliphatic carbocycles. The lowest BCUT2D eigenvalue weighted by Gasteiger charge is -2.20. The summed E-state index contributed by atoms with van der Waals surface area (Å²) in [6.07, 6.45) is 0. The van der Waals surface area contributed by atoms with Gasteiger partial charge in [0.25, 0.3) is 10.0 Å². The molecule has 3 rings (SSSR count). The fourth-order valence-electron chi connectivity index (χ4n) is 2.55. The van der Waals surface area contributed by atoms with E-state index < -0.39 is 10.0 Å². The van der Waals surface area contributed by atoms with Crippen molar-refractivity contribution in [1.82, 2.24) is 5.32 Å². The number of nitrogens with one attached hydrogen (secondary N) is 1. The number of hydrogen-bond acceptors (Lipinski definition) is 3. The molecule has 4 nitrogen and oxygen atoms in total. The quantitative estimate of drug-likeness (QED) is 0.947. The summed E-state index contributed by atoms with van der Waals surface area (Å²) in [5, 5.41) is 3.23. The van der Waals surface area contributed by atoms with E-state index in [1.54, 1.807) is 25.2 Å². The Kier molecular flexibility index (Phi) is 3.47. The molecule has 21 heavy (non-hydrogen) atoms. The Morgan fingerprint density at radius 1 is 1.05 bits per heavy atom. The molecule has 0 saturated carbocycles. The standard InChI is InChI=1S/C16H18N2O2S/c1-12-4-3-5-15(8-12)18(2)21(19,20)16-7-6-13-10-17-11-14(13)9-16/h3-9,17H,10-11H2,1-2H3. The van der Waals surface area contributed by atoms with E-state index in [0.717, 1.165) is 24.2 Å². The first kappa shape index (κ1) is 14.1. The van der Waals surface area contributed by atoms with Gasteiger partial charge in [-0.05, 0) is 47.9 Å². The Hall–Kier alpha value is -1.85. The third-order valence-electron chi connectivity index (χ3n) is 3.83. The van der Waals surface area contributed by atoms with Crippen molar-refractivity contribution in [3.8, 4) is 0 Å². The maximum atomic E-state index is 12.7. The Labute approximate surface area is 125 Å². The van der Waals surface area contributed by atoms with E-state index >= 15 is 0 Å². The summed E-state index contributed by atoms with van der Waals surface area (Å²) in [5.41, 5.74) is 3.95. The second-order valence-electron chi connectivity index (χ2n) is 5.35. The highest BCUT2D eigenvalue weighted by Crippen LogP contribution is 2.25. The molecular weight excluding hydrogens is 284 g/mol. The van der Waals surface area contributed by atoms with Gasteiger partial charge >= 0.3 is 0 Å². The van der Waals surface area contributed by atoms with Crippen LogP contribution in [0.3, 0.4) is 0 Å². The molecule has 5 heteroatoms. The number of rotatable bonds is 3. The SMILES string of the molecule is Cc1cccc(N(C)S(=O)(=O)c2ccc3c(c2)CNC3)c1. The first-order valence-electron chi connectivity index (χ1n) is 6.86. The molecule has 0 aromatic heterocycles. The van der Waals surface area contributed by atoms with Gasteiger partial charge in [0.15, 0.2) is 0 Å². The fraction of sp³-hybridized carbons (Fsp3) is 0.250. The zero-order chi connectivity index (χ0) is 15.0. The summed E-state index contributed by atoms with van der Waals surface area (Å²) < 4.78 is 26.8. The van der Waals surface area contributed by atoms with Crippen LogP contribution in [-0.4, -0.2) is 15.5 Å². The van der Waals surface area contributed by atoms with Gasteiger partial charge in [-0.2, -0.15) is 0 Å². The second-order valence-corrected chi connectivity index (χ2v) is 7.31. The van der Waals surface area contributed by atoms with Crippen molar-refractivity contribution in [2.45, 2.75) is 24.9 Å². The van der Waals surface area contributed by atoms with E-state index in [0.29, 0.717) is 10.6 Å². The number of sulfonamides is 1. The smallest absolute Gasteiger partial charge is 0.264 e. The van der Waals surface area contributed by atoms with Crippen LogP contribution in [0, 0.1) is 6.92 Å². The summed E-state index contributed by atoms with van der Waals surface area (Å²) in [5.74, 6) is 0. The van der Waals surface area contributed by atoms with E-state index in [-0.39, 0.29) is 0 Å². The molecule has 1 heterocycles. The van der Waals surface area contributed by atoms with Gasteiger partial charge in [0.2, 0.25) is 0 Å². The van der Waals surface area contributed by atoms with Crippen LogP contribution in [0.15, 0.2) is 47.4 Å². The number of hydrogen-bond donors (Lipinski definition) is 1. The highest BCUT2D eigenvalue weighted by atomic mass is 32.2. The molecule has 0 unspecified atom stereocenters. The lowest BCUT2D eigenvalue weighted by atomic mass is 10.1. The molecule has 1 aliphatic rings. The molecule has 0 saturated heterocycles. The summed E-state index contributed by atoms with van der Waals surface area (Å²) in [7, 11) is -1.93. The third kappa shape index (κ3) is 2.54. The van der Waals surface area contributed by atoms with Crippen molar-refractivity contribution in [3.63, 3.8) is 0 Å². The van der Waals surface area contributed by atoms with E-state index in [9.17, 15) is 8.42 Å². The number of nitrogens with zero attached hydrogens (tertiary/aromatic N) is 1. The van der Waals surface area contributed by atoms with Crippen molar-refractivity contribution in [1.29, 1.82) is 0 Å². The normalized spacial score (nSPS) is 14.0. The molecule has 0 bridgehead atoms. The Balaban J connectivity index is 2.00.